The van der Waals surface area contributed by atoms with Crippen LogP contribution in [0.2, 0.25) is 0 Å². The van der Waals surface area contributed by atoms with Gasteiger partial charge in [0.15, 0.2) is 0 Å². The summed E-state index contributed by atoms with van der Waals surface area (Å²) in [5.41, 5.74) is 2.12. The van der Waals surface area contributed by atoms with Gasteiger partial charge in [0.05, 0.1) is 5.52 Å². The molecule has 3 heteroatoms. The molecule has 0 unspecified atom stereocenters. The van der Waals surface area contributed by atoms with E-state index in [9.17, 15) is 4.39 Å². The average molecular weight is 234 g/mol. The zero-order valence-corrected chi connectivity index (χ0v) is 10.6. The Labute approximate surface area is 101 Å². The van der Waals surface area contributed by atoms with Crippen molar-refractivity contribution in [1.29, 1.82) is 0 Å². The number of aromatic nitrogens is 1. The van der Waals surface area contributed by atoms with Crippen molar-refractivity contribution < 1.29 is 4.39 Å². The number of hydrogen-bond donors (Lipinski definition) is 1. The third-order valence-corrected chi connectivity index (χ3v) is 2.98. The molecule has 0 spiro atoms. The van der Waals surface area contributed by atoms with Gasteiger partial charge >= 0.3 is 0 Å². The molecule has 1 heterocycles. The Hall–Kier alpha value is -1.35. The minimum absolute atomic E-state index is 0.139. The summed E-state index contributed by atoms with van der Waals surface area (Å²) in [4.78, 5) is 0. The number of hydrogen-bond acceptors (Lipinski definition) is 1. The number of rotatable bonds is 4. The molecular weight excluding hydrogens is 215 g/mol. The fraction of sp³-hybridized carbons (Fsp3) is 0.429. The summed E-state index contributed by atoms with van der Waals surface area (Å²) in [5, 5.41) is 4.01. The maximum absolute atomic E-state index is 13.7. The van der Waals surface area contributed by atoms with Crippen LogP contribution >= 0.6 is 0 Å². The minimum atomic E-state index is -0.139. The Morgan fingerprint density at radius 1 is 1.35 bits per heavy atom. The molecule has 0 fully saturated rings. The summed E-state index contributed by atoms with van der Waals surface area (Å²) >= 11 is 0. The van der Waals surface area contributed by atoms with Gasteiger partial charge < -0.3 is 9.88 Å². The average Bonchev–Trinajstić information content (AvgIpc) is 2.66. The van der Waals surface area contributed by atoms with E-state index in [1.165, 1.54) is 6.07 Å². The van der Waals surface area contributed by atoms with E-state index < -0.39 is 0 Å². The first-order chi connectivity index (χ1) is 8.15. The lowest BCUT2D eigenvalue weighted by molar-refractivity contribution is 0.572. The Morgan fingerprint density at radius 3 is 2.76 bits per heavy atom. The molecule has 2 nitrogen and oxygen atoms in total. The maximum Gasteiger partial charge on any atom is 0.132 e. The third kappa shape index (κ3) is 2.20. The summed E-state index contributed by atoms with van der Waals surface area (Å²) < 4.78 is 15.9. The van der Waals surface area contributed by atoms with Gasteiger partial charge in [0.1, 0.15) is 5.82 Å². The fourth-order valence-electron chi connectivity index (χ4n) is 2.27. The summed E-state index contributed by atoms with van der Waals surface area (Å²) in [5.74, 6) is -0.139. The quantitative estimate of drug-likeness (QED) is 0.857. The highest BCUT2D eigenvalue weighted by atomic mass is 19.1. The highest BCUT2D eigenvalue weighted by Gasteiger charge is 2.13. The summed E-state index contributed by atoms with van der Waals surface area (Å²) in [6, 6.07) is 7.56. The second-order valence-electron chi connectivity index (χ2n) is 4.55. The maximum atomic E-state index is 13.7. The van der Waals surface area contributed by atoms with Crippen LogP contribution in [0.15, 0.2) is 24.3 Å². The van der Waals surface area contributed by atoms with E-state index in [4.69, 9.17) is 0 Å². The predicted molar refractivity (Wildman–Crippen MR) is 69.7 cm³/mol. The third-order valence-electron chi connectivity index (χ3n) is 2.98. The van der Waals surface area contributed by atoms with Crippen molar-refractivity contribution in [3.63, 3.8) is 0 Å². The van der Waals surface area contributed by atoms with Crippen LogP contribution in [0.1, 0.15) is 32.5 Å². The normalized spacial score (nSPS) is 11.6. The molecule has 1 aromatic carbocycles. The molecule has 92 valence electrons. The zero-order chi connectivity index (χ0) is 12.4. The molecule has 17 heavy (non-hydrogen) atoms. The molecule has 0 radical (unpaired) electrons. The van der Waals surface area contributed by atoms with Crippen LogP contribution in [0.25, 0.3) is 10.9 Å². The molecule has 0 atom stereocenters. The molecule has 0 saturated carbocycles. The van der Waals surface area contributed by atoms with Crippen molar-refractivity contribution in [3.8, 4) is 0 Å². The Morgan fingerprint density at radius 2 is 2.12 bits per heavy atom. The van der Waals surface area contributed by atoms with Gasteiger partial charge in [-0.25, -0.2) is 4.39 Å². The number of halogens is 1. The molecule has 2 aromatic rings. The fourth-order valence-corrected chi connectivity index (χ4v) is 2.27. The number of benzene rings is 1. The van der Waals surface area contributed by atoms with Crippen LogP contribution in [-0.2, 0) is 6.54 Å². The highest BCUT2D eigenvalue weighted by Crippen LogP contribution is 2.26. The van der Waals surface area contributed by atoms with E-state index >= 15 is 0 Å². The zero-order valence-electron chi connectivity index (χ0n) is 10.6. The largest absolute Gasteiger partial charge is 0.341 e. The highest BCUT2D eigenvalue weighted by molar-refractivity contribution is 5.82. The molecule has 0 saturated heterocycles. The van der Waals surface area contributed by atoms with Crippen molar-refractivity contribution in [1.82, 2.24) is 9.88 Å². The first-order valence-corrected chi connectivity index (χ1v) is 6.14. The summed E-state index contributed by atoms with van der Waals surface area (Å²) in [6.45, 7) is 8.02. The van der Waals surface area contributed by atoms with Gasteiger partial charge in [-0.3, -0.25) is 0 Å². The molecule has 2 rings (SSSR count). The second kappa shape index (κ2) is 4.88. The van der Waals surface area contributed by atoms with Crippen molar-refractivity contribution >= 4 is 10.9 Å². The van der Waals surface area contributed by atoms with E-state index in [0.29, 0.717) is 11.4 Å². The van der Waals surface area contributed by atoms with Gasteiger partial charge in [-0.15, -0.1) is 0 Å². The van der Waals surface area contributed by atoms with E-state index in [0.717, 1.165) is 24.3 Å². The monoisotopic (exact) mass is 234 g/mol. The first-order valence-electron chi connectivity index (χ1n) is 6.14. The van der Waals surface area contributed by atoms with Gasteiger partial charge in [0, 0.05) is 23.7 Å². The van der Waals surface area contributed by atoms with E-state index in [1.807, 2.05) is 12.1 Å². The van der Waals surface area contributed by atoms with Crippen molar-refractivity contribution in [2.45, 2.75) is 33.4 Å². The van der Waals surface area contributed by atoms with Crippen LogP contribution in [0.4, 0.5) is 4.39 Å². The molecule has 1 N–H and O–H groups in total. The lowest BCUT2D eigenvalue weighted by Gasteiger charge is -2.14. The van der Waals surface area contributed by atoms with Crippen LogP contribution in [0.5, 0.6) is 0 Å². The lowest BCUT2D eigenvalue weighted by atomic mass is 10.2. The van der Waals surface area contributed by atoms with Gasteiger partial charge in [0.2, 0.25) is 0 Å². The molecule has 0 amide bonds. The van der Waals surface area contributed by atoms with Gasteiger partial charge in [0.25, 0.3) is 0 Å². The molecule has 0 bridgehead atoms. The van der Waals surface area contributed by atoms with Crippen LogP contribution in [0.3, 0.4) is 0 Å². The Kier molecular flexibility index (Phi) is 3.48. The Bertz CT molecular complexity index is 514. The number of nitrogens with zero attached hydrogens (tertiary/aromatic N) is 1. The molecule has 0 aliphatic rings. The standard InChI is InChI=1S/C14H19FN2/c1-4-16-9-11-8-12-13(15)6-5-7-14(12)17(11)10(2)3/h5-8,10,16H,4,9H2,1-3H3. The smallest absolute Gasteiger partial charge is 0.132 e. The van der Waals surface area contributed by atoms with Crippen LogP contribution in [-0.4, -0.2) is 11.1 Å². The molecular formula is C14H19FN2. The van der Waals surface area contributed by atoms with E-state index in [-0.39, 0.29) is 5.82 Å². The molecule has 0 aliphatic carbocycles. The predicted octanol–water partition coefficient (Wildman–Crippen LogP) is 3.47. The van der Waals surface area contributed by atoms with E-state index in [2.05, 4.69) is 30.7 Å². The number of nitrogens with one attached hydrogen (secondary N) is 1. The van der Waals surface area contributed by atoms with Gasteiger partial charge in [-0.1, -0.05) is 13.0 Å². The first kappa shape index (κ1) is 12.1. The van der Waals surface area contributed by atoms with Gasteiger partial charge in [-0.05, 0) is 38.6 Å². The van der Waals surface area contributed by atoms with Crippen molar-refractivity contribution in [2.24, 2.45) is 0 Å². The van der Waals surface area contributed by atoms with Crippen LogP contribution in [0, 0.1) is 5.82 Å². The summed E-state index contributed by atoms with van der Waals surface area (Å²) in [7, 11) is 0. The number of fused-ring (bicyclic) bond motifs is 1. The molecule has 0 aliphatic heterocycles. The second-order valence-corrected chi connectivity index (χ2v) is 4.55. The van der Waals surface area contributed by atoms with Crippen molar-refractivity contribution in [3.05, 3.63) is 35.8 Å². The SMILES string of the molecule is CCNCc1cc2c(F)cccc2n1C(C)C. The van der Waals surface area contributed by atoms with Gasteiger partial charge in [-0.2, -0.15) is 0 Å². The molecule has 1 aromatic heterocycles. The minimum Gasteiger partial charge on any atom is -0.341 e. The summed E-state index contributed by atoms with van der Waals surface area (Å²) in [6.07, 6.45) is 0. The van der Waals surface area contributed by atoms with Crippen molar-refractivity contribution in [2.75, 3.05) is 6.54 Å². The van der Waals surface area contributed by atoms with Crippen LogP contribution < -0.4 is 5.32 Å². The van der Waals surface area contributed by atoms with E-state index in [1.54, 1.807) is 6.07 Å². The Balaban J connectivity index is 2.58. The topological polar surface area (TPSA) is 17.0 Å². The lowest BCUT2D eigenvalue weighted by Crippen LogP contribution is -2.16.